The molecule has 2 N–H and O–H groups in total. The summed E-state index contributed by atoms with van der Waals surface area (Å²) < 4.78 is 18.3. The third-order valence-electron chi connectivity index (χ3n) is 8.40. The number of carboxylic acid groups (broad SMARTS) is 1. The van der Waals surface area contributed by atoms with Crippen LogP contribution in [0.25, 0.3) is 10.9 Å². The van der Waals surface area contributed by atoms with Crippen LogP contribution in [-0.2, 0) is 14.4 Å². The van der Waals surface area contributed by atoms with Gasteiger partial charge in [0, 0.05) is 31.0 Å². The number of nitrogens with one attached hydrogen (secondary N) is 1. The molecule has 0 radical (unpaired) electrons. The molecule has 0 bridgehead atoms. The molecule has 2 aromatic rings. The number of methoxy groups -OCH3 is 1. The van der Waals surface area contributed by atoms with Crippen molar-refractivity contribution in [1.82, 2.24) is 15.2 Å². The van der Waals surface area contributed by atoms with Gasteiger partial charge in [0.2, 0.25) is 17.7 Å². The van der Waals surface area contributed by atoms with Gasteiger partial charge >= 0.3 is 5.97 Å². The number of halogens is 1. The second-order valence-corrected chi connectivity index (χ2v) is 11.8. The molecule has 220 valence electrons. The van der Waals surface area contributed by atoms with Crippen LogP contribution >= 0.6 is 15.9 Å². The highest BCUT2D eigenvalue weighted by molar-refractivity contribution is 9.10. The molecule has 1 aromatic heterocycles. The summed E-state index contributed by atoms with van der Waals surface area (Å²) in [6, 6.07) is 5.38. The fourth-order valence-electron chi connectivity index (χ4n) is 6.03. The lowest BCUT2D eigenvalue weighted by atomic mass is 9.93. The number of hydrogen-bond acceptors (Lipinski definition) is 7. The van der Waals surface area contributed by atoms with Crippen LogP contribution in [-0.4, -0.2) is 71.7 Å². The van der Waals surface area contributed by atoms with Gasteiger partial charge in [0.15, 0.2) is 0 Å². The first-order valence-electron chi connectivity index (χ1n) is 14.1. The molecule has 2 fully saturated rings. The number of rotatable bonds is 6. The minimum atomic E-state index is -1.32. The number of amides is 2. The van der Waals surface area contributed by atoms with Crippen molar-refractivity contribution in [2.75, 3.05) is 27.3 Å². The first-order valence-corrected chi connectivity index (χ1v) is 14.9. The number of fused-ring (bicyclic) bond motifs is 3. The summed E-state index contributed by atoms with van der Waals surface area (Å²) in [6.07, 6.45) is 6.91. The largest absolute Gasteiger partial charge is 0.495 e. The Hall–Kier alpha value is -3.34. The van der Waals surface area contributed by atoms with E-state index < -0.39 is 35.4 Å². The molecule has 10 nitrogen and oxygen atoms in total. The Bertz CT molecular complexity index is 1380. The van der Waals surface area contributed by atoms with E-state index in [2.05, 4.69) is 26.2 Å². The average molecular weight is 631 g/mol. The lowest BCUT2D eigenvalue weighted by molar-refractivity contribution is -0.145. The molecule has 2 amide bonds. The molecule has 11 heteroatoms. The van der Waals surface area contributed by atoms with E-state index in [1.807, 2.05) is 31.2 Å². The van der Waals surface area contributed by atoms with Crippen LogP contribution in [0.4, 0.5) is 0 Å². The van der Waals surface area contributed by atoms with Gasteiger partial charge in [-0.2, -0.15) is 0 Å². The predicted molar refractivity (Wildman–Crippen MR) is 155 cm³/mol. The molecule has 5 rings (SSSR count). The monoisotopic (exact) mass is 629 g/mol. The number of aromatic nitrogens is 1. The first kappa shape index (κ1) is 29.2. The van der Waals surface area contributed by atoms with Gasteiger partial charge in [-0.05, 0) is 73.5 Å². The van der Waals surface area contributed by atoms with Crippen LogP contribution < -0.4 is 19.5 Å². The maximum Gasteiger partial charge on any atom is 0.330 e. The summed E-state index contributed by atoms with van der Waals surface area (Å²) in [5, 5.41) is 13.5. The Morgan fingerprint density at radius 3 is 2.73 bits per heavy atom. The Balaban J connectivity index is 1.46. The van der Waals surface area contributed by atoms with E-state index in [-0.39, 0.29) is 18.2 Å². The number of carbonyl (C=O) groups excluding carboxylic acids is 2. The number of carboxylic acids is 1. The van der Waals surface area contributed by atoms with E-state index >= 15 is 0 Å². The molecule has 1 aromatic carbocycles. The molecule has 0 spiro atoms. The van der Waals surface area contributed by atoms with Gasteiger partial charge in [0.25, 0.3) is 0 Å². The highest BCUT2D eigenvalue weighted by Crippen LogP contribution is 2.47. The summed E-state index contributed by atoms with van der Waals surface area (Å²) in [4.78, 5) is 45.8. The summed E-state index contributed by atoms with van der Waals surface area (Å²) in [5.74, 6) is -1.68. The molecule has 2 heterocycles. The van der Waals surface area contributed by atoms with Crippen LogP contribution in [0.3, 0.4) is 0 Å². The number of ether oxygens (including phenoxy) is 3. The molecule has 1 aliphatic heterocycles. The normalized spacial score (nSPS) is 28.3. The quantitative estimate of drug-likeness (QED) is 0.452. The van der Waals surface area contributed by atoms with Crippen molar-refractivity contribution in [3.05, 3.63) is 34.8 Å². The van der Waals surface area contributed by atoms with Gasteiger partial charge < -0.3 is 29.5 Å². The fourth-order valence-corrected chi connectivity index (χ4v) is 6.63. The van der Waals surface area contributed by atoms with Crippen LogP contribution in [0, 0.1) is 17.8 Å². The molecular formula is C30H36BrN3O7. The number of carbonyl (C=O) groups is 3. The van der Waals surface area contributed by atoms with E-state index in [1.165, 1.54) is 0 Å². The zero-order valence-electron chi connectivity index (χ0n) is 23.5. The number of pyridine rings is 1. The highest BCUT2D eigenvalue weighted by atomic mass is 79.9. The maximum atomic E-state index is 13.7. The molecule has 2 aliphatic carbocycles. The Kier molecular flexibility index (Phi) is 8.45. The highest BCUT2D eigenvalue weighted by Gasteiger charge is 2.61. The lowest BCUT2D eigenvalue weighted by Gasteiger charge is -2.26. The van der Waals surface area contributed by atoms with Crippen molar-refractivity contribution in [2.45, 2.75) is 57.1 Å². The number of allylic oxidation sites excluding steroid dienone is 1. The first-order chi connectivity index (χ1) is 19.7. The van der Waals surface area contributed by atoms with Crippen molar-refractivity contribution in [2.24, 2.45) is 17.8 Å². The Morgan fingerprint density at radius 2 is 2.00 bits per heavy atom. The number of nitrogens with zero attached hydrogens (tertiary/aromatic N) is 2. The van der Waals surface area contributed by atoms with E-state index in [0.717, 1.165) is 24.6 Å². The standard InChI is InChI=1S/C30H36BrN3O7/c1-4-40-24-15-23(19-10-11-22(39-3)25(31)26(19)32-24)41-18-13-20-21(14-18)28(36)34(2)12-8-6-5-7-9-17-16-30(17,29(37)38)33-27(20)35/h7,9-11,15,17-18,20-21H,4-6,8,12-14,16H2,1-3H3,(H,33,35)(H,37,38). The van der Waals surface area contributed by atoms with Crippen LogP contribution in [0.2, 0.25) is 0 Å². The molecule has 3 aliphatic rings. The predicted octanol–water partition coefficient (Wildman–Crippen LogP) is 4.34. The maximum absolute atomic E-state index is 13.7. The molecule has 2 saturated carbocycles. The Morgan fingerprint density at radius 1 is 1.22 bits per heavy atom. The second kappa shape index (κ2) is 11.9. The minimum Gasteiger partial charge on any atom is -0.495 e. The van der Waals surface area contributed by atoms with Crippen molar-refractivity contribution in [3.8, 4) is 17.4 Å². The zero-order valence-corrected chi connectivity index (χ0v) is 25.1. The van der Waals surface area contributed by atoms with E-state index in [0.29, 0.717) is 53.4 Å². The molecule has 5 unspecified atom stereocenters. The summed E-state index contributed by atoms with van der Waals surface area (Å²) in [7, 11) is 3.34. The number of aliphatic carboxylic acids is 1. The van der Waals surface area contributed by atoms with Crippen molar-refractivity contribution < 1.29 is 33.7 Å². The third kappa shape index (κ3) is 5.73. The van der Waals surface area contributed by atoms with Crippen molar-refractivity contribution in [3.63, 3.8) is 0 Å². The van der Waals surface area contributed by atoms with Crippen LogP contribution in [0.1, 0.15) is 45.4 Å². The van der Waals surface area contributed by atoms with Gasteiger partial charge in [0.1, 0.15) is 23.1 Å². The minimum absolute atomic E-state index is 0.123. The molecule has 41 heavy (non-hydrogen) atoms. The topological polar surface area (TPSA) is 127 Å². The summed E-state index contributed by atoms with van der Waals surface area (Å²) in [6.45, 7) is 2.87. The van der Waals surface area contributed by atoms with Gasteiger partial charge in [-0.1, -0.05) is 12.2 Å². The molecular weight excluding hydrogens is 594 g/mol. The van der Waals surface area contributed by atoms with Crippen molar-refractivity contribution in [1.29, 1.82) is 0 Å². The summed E-state index contributed by atoms with van der Waals surface area (Å²) in [5.41, 5.74) is -0.721. The van der Waals surface area contributed by atoms with Gasteiger partial charge in [-0.15, -0.1) is 0 Å². The van der Waals surface area contributed by atoms with Gasteiger partial charge in [-0.25, -0.2) is 9.78 Å². The Labute approximate surface area is 247 Å². The van der Waals surface area contributed by atoms with Crippen molar-refractivity contribution >= 4 is 44.6 Å². The van der Waals surface area contributed by atoms with E-state index in [9.17, 15) is 19.5 Å². The zero-order chi connectivity index (χ0) is 29.3. The lowest BCUT2D eigenvalue weighted by Crippen LogP contribution is -2.49. The van der Waals surface area contributed by atoms with Gasteiger partial charge in [-0.3, -0.25) is 9.59 Å². The van der Waals surface area contributed by atoms with E-state index in [4.69, 9.17) is 14.2 Å². The second-order valence-electron chi connectivity index (χ2n) is 11.1. The van der Waals surface area contributed by atoms with Gasteiger partial charge in [0.05, 0.1) is 35.5 Å². The van der Waals surface area contributed by atoms with E-state index in [1.54, 1.807) is 25.1 Å². The summed E-state index contributed by atoms with van der Waals surface area (Å²) >= 11 is 3.57. The third-order valence-corrected chi connectivity index (χ3v) is 9.17. The van der Waals surface area contributed by atoms with Crippen LogP contribution in [0.15, 0.2) is 34.8 Å². The SMILES string of the molecule is CCOc1cc(OC2CC3C(=O)NC4(C(=O)O)CC4C=CCCCCN(C)C(=O)C3C2)c2ccc(OC)c(Br)c2n1. The number of hydrogen-bond donors (Lipinski definition) is 2. The fraction of sp³-hybridized carbons (Fsp3) is 0.533. The van der Waals surface area contributed by atoms with Crippen LogP contribution in [0.5, 0.6) is 17.4 Å². The molecule has 0 saturated heterocycles. The molecule has 5 atom stereocenters. The smallest absolute Gasteiger partial charge is 0.330 e. The average Bonchev–Trinajstić information content (AvgIpc) is 3.48. The number of benzene rings is 1.